The van der Waals surface area contributed by atoms with E-state index in [9.17, 15) is 0 Å². The van der Waals surface area contributed by atoms with E-state index in [4.69, 9.17) is 4.74 Å². The molecule has 5 heteroatoms. The highest BCUT2D eigenvalue weighted by atomic mass is 16.5. The lowest BCUT2D eigenvalue weighted by Gasteiger charge is -2.25. The Morgan fingerprint density at radius 3 is 3.17 bits per heavy atom. The molecule has 0 bridgehead atoms. The van der Waals surface area contributed by atoms with Gasteiger partial charge in [0.25, 0.3) is 0 Å². The molecule has 1 aliphatic heterocycles. The number of hydrogen-bond acceptors (Lipinski definition) is 4. The molecule has 2 aliphatic rings. The summed E-state index contributed by atoms with van der Waals surface area (Å²) in [6.07, 6.45) is 6.75. The van der Waals surface area contributed by atoms with E-state index in [1.165, 1.54) is 18.5 Å². The Hall–Kier alpha value is -0.910. The topological polar surface area (TPSA) is 42.3 Å². The molecule has 2 fully saturated rings. The van der Waals surface area contributed by atoms with E-state index in [-0.39, 0.29) is 6.10 Å². The molecule has 5 nitrogen and oxygen atoms in total. The van der Waals surface area contributed by atoms with Gasteiger partial charge in [-0.05, 0) is 19.9 Å². The van der Waals surface area contributed by atoms with Gasteiger partial charge in [-0.1, -0.05) is 0 Å². The Labute approximate surface area is 108 Å². The van der Waals surface area contributed by atoms with E-state index >= 15 is 0 Å². The van der Waals surface area contributed by atoms with Crippen LogP contribution in [0.2, 0.25) is 0 Å². The molecule has 1 saturated heterocycles. The fourth-order valence-corrected chi connectivity index (χ4v) is 2.50. The Morgan fingerprint density at radius 2 is 2.44 bits per heavy atom. The van der Waals surface area contributed by atoms with Crippen LogP contribution in [0.4, 0.5) is 0 Å². The second-order valence-corrected chi connectivity index (χ2v) is 5.29. The zero-order valence-electron chi connectivity index (χ0n) is 11.0. The monoisotopic (exact) mass is 250 g/mol. The minimum atomic E-state index is 0.160. The van der Waals surface area contributed by atoms with E-state index in [1.807, 2.05) is 12.5 Å². The second-order valence-electron chi connectivity index (χ2n) is 5.29. The van der Waals surface area contributed by atoms with E-state index < -0.39 is 0 Å². The van der Waals surface area contributed by atoms with Gasteiger partial charge >= 0.3 is 0 Å². The van der Waals surface area contributed by atoms with Gasteiger partial charge in [-0.25, -0.2) is 4.98 Å². The first kappa shape index (κ1) is 12.1. The lowest BCUT2D eigenvalue weighted by molar-refractivity contribution is 0.0225. The first-order valence-corrected chi connectivity index (χ1v) is 6.87. The van der Waals surface area contributed by atoms with Crippen molar-refractivity contribution in [2.24, 2.45) is 0 Å². The second kappa shape index (κ2) is 5.38. The van der Waals surface area contributed by atoms with Crippen molar-refractivity contribution in [1.29, 1.82) is 0 Å². The molecular weight excluding hydrogens is 228 g/mol. The number of hydrogen-bond donors (Lipinski definition) is 1. The molecule has 0 amide bonds. The Bertz CT molecular complexity index is 382. The molecular formula is C13H22N4O. The van der Waals surface area contributed by atoms with E-state index in [0.29, 0.717) is 0 Å². The van der Waals surface area contributed by atoms with Crippen molar-refractivity contribution in [3.8, 4) is 0 Å². The molecule has 1 unspecified atom stereocenters. The molecule has 1 atom stereocenters. The Balaban J connectivity index is 1.59. The van der Waals surface area contributed by atoms with E-state index in [1.54, 1.807) is 0 Å². The Kier molecular flexibility index (Phi) is 3.63. The number of aromatic nitrogens is 2. The van der Waals surface area contributed by atoms with Crippen LogP contribution < -0.4 is 5.32 Å². The lowest BCUT2D eigenvalue weighted by Crippen LogP contribution is -2.34. The van der Waals surface area contributed by atoms with Gasteiger partial charge in [0.05, 0.1) is 24.8 Å². The van der Waals surface area contributed by atoms with Gasteiger partial charge in [0.15, 0.2) is 0 Å². The summed E-state index contributed by atoms with van der Waals surface area (Å²) in [4.78, 5) is 6.72. The van der Waals surface area contributed by atoms with Crippen molar-refractivity contribution < 1.29 is 4.74 Å². The number of likely N-dealkylation sites (N-methyl/N-ethyl adjacent to an activating group) is 1. The Morgan fingerprint density at radius 1 is 1.56 bits per heavy atom. The summed E-state index contributed by atoms with van der Waals surface area (Å²) in [5.74, 6) is 0. The van der Waals surface area contributed by atoms with Crippen molar-refractivity contribution in [2.75, 3.05) is 33.3 Å². The van der Waals surface area contributed by atoms with Crippen molar-refractivity contribution in [3.63, 3.8) is 0 Å². The standard InChI is InChI=1S/C13H22N4O/c1-16(11-2-3-11)5-6-17-10-15-8-12(17)13-9-14-4-7-18-13/h8,10-11,13-14H,2-7,9H2,1H3. The predicted molar refractivity (Wildman–Crippen MR) is 69.4 cm³/mol. The van der Waals surface area contributed by atoms with Gasteiger partial charge in [-0.2, -0.15) is 0 Å². The minimum absolute atomic E-state index is 0.160. The smallest absolute Gasteiger partial charge is 0.111 e. The van der Waals surface area contributed by atoms with Gasteiger partial charge in [0.2, 0.25) is 0 Å². The zero-order chi connectivity index (χ0) is 12.4. The van der Waals surface area contributed by atoms with Gasteiger partial charge in [-0.15, -0.1) is 0 Å². The van der Waals surface area contributed by atoms with Gasteiger partial charge < -0.3 is 19.5 Å². The summed E-state index contributed by atoms with van der Waals surface area (Å²) in [5, 5.41) is 3.37. The predicted octanol–water partition coefficient (Wildman–Crippen LogP) is 0.638. The van der Waals surface area contributed by atoms with Gasteiger partial charge in [0, 0.05) is 32.2 Å². The molecule has 1 N–H and O–H groups in total. The molecule has 1 aromatic heterocycles. The number of ether oxygens (including phenoxy) is 1. The molecule has 3 rings (SSSR count). The fourth-order valence-electron chi connectivity index (χ4n) is 2.50. The molecule has 1 saturated carbocycles. The summed E-state index contributed by atoms with van der Waals surface area (Å²) in [6, 6.07) is 0.824. The summed E-state index contributed by atoms with van der Waals surface area (Å²) < 4.78 is 8.03. The van der Waals surface area contributed by atoms with Crippen molar-refractivity contribution in [2.45, 2.75) is 31.5 Å². The number of rotatable bonds is 5. The van der Waals surface area contributed by atoms with Crippen LogP contribution in [0.1, 0.15) is 24.6 Å². The van der Waals surface area contributed by atoms with Crippen LogP contribution in [-0.4, -0.2) is 53.8 Å². The third kappa shape index (κ3) is 2.74. The third-order valence-corrected chi connectivity index (χ3v) is 3.87. The van der Waals surface area contributed by atoms with Gasteiger partial charge in [0.1, 0.15) is 6.10 Å². The van der Waals surface area contributed by atoms with Crippen LogP contribution in [-0.2, 0) is 11.3 Å². The highest BCUT2D eigenvalue weighted by Gasteiger charge is 2.26. The number of imidazole rings is 1. The molecule has 1 aromatic rings. The maximum Gasteiger partial charge on any atom is 0.111 e. The van der Waals surface area contributed by atoms with Crippen molar-refractivity contribution in [1.82, 2.24) is 19.8 Å². The first-order valence-electron chi connectivity index (χ1n) is 6.87. The largest absolute Gasteiger partial charge is 0.369 e. The van der Waals surface area contributed by atoms with Crippen molar-refractivity contribution in [3.05, 3.63) is 18.2 Å². The van der Waals surface area contributed by atoms with E-state index in [2.05, 4.69) is 26.8 Å². The molecule has 18 heavy (non-hydrogen) atoms. The minimum Gasteiger partial charge on any atom is -0.369 e. The summed E-state index contributed by atoms with van der Waals surface area (Å²) in [5.41, 5.74) is 1.20. The summed E-state index contributed by atoms with van der Waals surface area (Å²) in [6.45, 7) is 4.73. The van der Waals surface area contributed by atoms with Crippen LogP contribution in [0.5, 0.6) is 0 Å². The van der Waals surface area contributed by atoms with Gasteiger partial charge in [-0.3, -0.25) is 0 Å². The van der Waals surface area contributed by atoms with Crippen LogP contribution in [0, 0.1) is 0 Å². The van der Waals surface area contributed by atoms with Crippen molar-refractivity contribution >= 4 is 0 Å². The molecule has 0 radical (unpaired) electrons. The van der Waals surface area contributed by atoms with Crippen LogP contribution in [0.15, 0.2) is 12.5 Å². The lowest BCUT2D eigenvalue weighted by atomic mass is 10.2. The molecule has 0 spiro atoms. The zero-order valence-corrected chi connectivity index (χ0v) is 11.0. The summed E-state index contributed by atoms with van der Waals surface area (Å²) >= 11 is 0. The highest BCUT2D eigenvalue weighted by molar-refractivity contribution is 5.05. The molecule has 1 aliphatic carbocycles. The van der Waals surface area contributed by atoms with Crippen LogP contribution >= 0.6 is 0 Å². The number of morpholine rings is 1. The SMILES string of the molecule is CN(CCn1cncc1C1CNCCO1)C1CC1. The molecule has 2 heterocycles. The normalized spacial score (nSPS) is 24.7. The maximum absolute atomic E-state index is 5.79. The van der Waals surface area contributed by atoms with E-state index in [0.717, 1.165) is 38.8 Å². The fraction of sp³-hybridized carbons (Fsp3) is 0.769. The number of nitrogens with zero attached hydrogens (tertiary/aromatic N) is 3. The highest BCUT2D eigenvalue weighted by Crippen LogP contribution is 2.25. The number of nitrogens with one attached hydrogen (secondary N) is 1. The third-order valence-electron chi connectivity index (χ3n) is 3.87. The average molecular weight is 250 g/mol. The quantitative estimate of drug-likeness (QED) is 0.833. The van der Waals surface area contributed by atoms with Crippen LogP contribution in [0.3, 0.4) is 0 Å². The average Bonchev–Trinajstić information content (AvgIpc) is 3.16. The first-order chi connectivity index (χ1) is 8.84. The summed E-state index contributed by atoms with van der Waals surface area (Å²) in [7, 11) is 2.22. The molecule has 100 valence electrons. The maximum atomic E-state index is 5.79. The molecule has 0 aromatic carbocycles. The van der Waals surface area contributed by atoms with Crippen LogP contribution in [0.25, 0.3) is 0 Å².